The van der Waals surface area contributed by atoms with E-state index in [4.69, 9.17) is 0 Å². The van der Waals surface area contributed by atoms with E-state index in [2.05, 4.69) is 9.88 Å². The SMILES string of the molecule is Cc1cc(F)cc(N(C)C2CCN(C(=O)c3cn(C)cn3)CC2)c1. The van der Waals surface area contributed by atoms with Gasteiger partial charge in [-0.1, -0.05) is 0 Å². The van der Waals surface area contributed by atoms with E-state index >= 15 is 0 Å². The Balaban J connectivity index is 1.63. The molecule has 1 aromatic heterocycles. The summed E-state index contributed by atoms with van der Waals surface area (Å²) in [6.07, 6.45) is 5.12. The van der Waals surface area contributed by atoms with Crippen LogP contribution in [0.2, 0.25) is 0 Å². The summed E-state index contributed by atoms with van der Waals surface area (Å²) in [6, 6.07) is 5.40. The highest BCUT2D eigenvalue weighted by Gasteiger charge is 2.27. The van der Waals surface area contributed by atoms with Crippen molar-refractivity contribution in [1.82, 2.24) is 14.5 Å². The number of carbonyl (C=O) groups excluding carboxylic acids is 1. The van der Waals surface area contributed by atoms with Gasteiger partial charge in [-0.3, -0.25) is 4.79 Å². The second-order valence-electron chi connectivity index (χ2n) is 6.55. The lowest BCUT2D eigenvalue weighted by molar-refractivity contribution is 0.0708. The third-order valence-electron chi connectivity index (χ3n) is 4.66. The molecular weight excluding hydrogens is 307 g/mol. The zero-order valence-corrected chi connectivity index (χ0v) is 14.4. The molecule has 24 heavy (non-hydrogen) atoms. The van der Waals surface area contributed by atoms with Crippen molar-refractivity contribution in [2.75, 3.05) is 25.0 Å². The number of benzene rings is 1. The largest absolute Gasteiger partial charge is 0.371 e. The van der Waals surface area contributed by atoms with Gasteiger partial charge in [0.05, 0.1) is 6.33 Å². The highest BCUT2D eigenvalue weighted by atomic mass is 19.1. The standard InChI is InChI=1S/C18H23FN4O/c1-13-8-14(19)10-16(9-13)22(3)15-4-6-23(7-5-15)18(24)17-11-21(2)12-20-17/h8-12,15H,4-7H2,1-3H3. The fourth-order valence-corrected chi connectivity index (χ4v) is 3.27. The molecule has 0 spiro atoms. The minimum Gasteiger partial charge on any atom is -0.371 e. The van der Waals surface area contributed by atoms with E-state index in [1.807, 2.05) is 32.0 Å². The Morgan fingerprint density at radius 1 is 1.29 bits per heavy atom. The zero-order valence-electron chi connectivity index (χ0n) is 14.4. The molecule has 5 nitrogen and oxygen atoms in total. The van der Waals surface area contributed by atoms with Crippen molar-refractivity contribution >= 4 is 11.6 Å². The molecule has 2 aromatic rings. The van der Waals surface area contributed by atoms with Gasteiger partial charge in [0.25, 0.3) is 5.91 Å². The van der Waals surface area contributed by atoms with Crippen LogP contribution in [-0.2, 0) is 7.05 Å². The number of carbonyl (C=O) groups is 1. The molecular formula is C18H23FN4O. The van der Waals surface area contributed by atoms with Gasteiger partial charge < -0.3 is 14.4 Å². The number of imidazole rings is 1. The summed E-state index contributed by atoms with van der Waals surface area (Å²) in [5, 5.41) is 0. The van der Waals surface area contributed by atoms with E-state index in [0.29, 0.717) is 24.8 Å². The van der Waals surface area contributed by atoms with E-state index in [9.17, 15) is 9.18 Å². The van der Waals surface area contributed by atoms with Crippen molar-refractivity contribution in [3.8, 4) is 0 Å². The minimum atomic E-state index is -0.209. The molecule has 0 aliphatic carbocycles. The molecule has 2 heterocycles. The number of piperidine rings is 1. The van der Waals surface area contributed by atoms with Crippen molar-refractivity contribution in [3.63, 3.8) is 0 Å². The average molecular weight is 330 g/mol. The van der Waals surface area contributed by atoms with Crippen molar-refractivity contribution in [2.45, 2.75) is 25.8 Å². The van der Waals surface area contributed by atoms with Crippen LogP contribution in [0.25, 0.3) is 0 Å². The lowest BCUT2D eigenvalue weighted by atomic mass is 10.0. The number of aryl methyl sites for hydroxylation is 2. The van der Waals surface area contributed by atoms with Crippen LogP contribution >= 0.6 is 0 Å². The second kappa shape index (κ2) is 6.63. The molecule has 128 valence electrons. The van der Waals surface area contributed by atoms with Crippen molar-refractivity contribution < 1.29 is 9.18 Å². The van der Waals surface area contributed by atoms with Crippen LogP contribution in [-0.4, -0.2) is 46.5 Å². The number of aromatic nitrogens is 2. The molecule has 1 saturated heterocycles. The minimum absolute atomic E-state index is 0.0155. The number of hydrogen-bond acceptors (Lipinski definition) is 3. The summed E-state index contributed by atoms with van der Waals surface area (Å²) in [5.74, 6) is -0.224. The number of likely N-dealkylation sites (tertiary alicyclic amines) is 1. The second-order valence-corrected chi connectivity index (χ2v) is 6.55. The van der Waals surface area contributed by atoms with Crippen LogP contribution in [0.1, 0.15) is 28.9 Å². The van der Waals surface area contributed by atoms with Gasteiger partial charge in [0.15, 0.2) is 0 Å². The predicted octanol–water partition coefficient (Wildman–Crippen LogP) is 2.61. The maximum atomic E-state index is 13.6. The summed E-state index contributed by atoms with van der Waals surface area (Å²) in [6.45, 7) is 3.28. The van der Waals surface area contributed by atoms with Crippen LogP contribution in [0, 0.1) is 12.7 Å². The average Bonchev–Trinajstić information content (AvgIpc) is 2.99. The van der Waals surface area contributed by atoms with Gasteiger partial charge in [-0.15, -0.1) is 0 Å². The smallest absolute Gasteiger partial charge is 0.274 e. The molecule has 0 unspecified atom stereocenters. The molecule has 3 rings (SSSR count). The Morgan fingerprint density at radius 3 is 2.58 bits per heavy atom. The molecule has 1 aliphatic heterocycles. The lowest BCUT2D eigenvalue weighted by Crippen LogP contribution is -2.45. The Labute approximate surface area is 141 Å². The monoisotopic (exact) mass is 330 g/mol. The summed E-state index contributed by atoms with van der Waals surface area (Å²) < 4.78 is 15.4. The fourth-order valence-electron chi connectivity index (χ4n) is 3.27. The van der Waals surface area contributed by atoms with Crippen LogP contribution < -0.4 is 4.90 Å². The van der Waals surface area contributed by atoms with Gasteiger partial charge >= 0.3 is 0 Å². The molecule has 1 fully saturated rings. The maximum absolute atomic E-state index is 13.6. The molecule has 6 heteroatoms. The van der Waals surface area contributed by atoms with Gasteiger partial charge in [-0.25, -0.2) is 9.37 Å². The van der Waals surface area contributed by atoms with Crippen LogP contribution in [0.15, 0.2) is 30.7 Å². The Morgan fingerprint density at radius 2 is 2.00 bits per heavy atom. The molecule has 0 radical (unpaired) electrons. The first-order valence-electron chi connectivity index (χ1n) is 8.21. The zero-order chi connectivity index (χ0) is 17.3. The molecule has 0 saturated carbocycles. The molecule has 0 atom stereocenters. The Bertz CT molecular complexity index is 714. The fraction of sp³-hybridized carbons (Fsp3) is 0.444. The highest BCUT2D eigenvalue weighted by Crippen LogP contribution is 2.24. The summed E-state index contributed by atoms with van der Waals surface area (Å²) in [7, 11) is 3.85. The number of anilines is 1. The first-order chi connectivity index (χ1) is 11.4. The van der Waals surface area contributed by atoms with Gasteiger partial charge in [-0.2, -0.15) is 0 Å². The Hall–Kier alpha value is -2.37. The van der Waals surface area contributed by atoms with Gasteiger partial charge in [0.1, 0.15) is 11.5 Å². The first-order valence-corrected chi connectivity index (χ1v) is 8.21. The quantitative estimate of drug-likeness (QED) is 0.869. The molecule has 1 aromatic carbocycles. The van der Waals surface area contributed by atoms with Gasteiger partial charge in [0, 0.05) is 45.1 Å². The number of halogens is 1. The third kappa shape index (κ3) is 3.42. The lowest BCUT2D eigenvalue weighted by Gasteiger charge is -2.37. The maximum Gasteiger partial charge on any atom is 0.274 e. The topological polar surface area (TPSA) is 41.4 Å². The van der Waals surface area contributed by atoms with Gasteiger partial charge in [0.2, 0.25) is 0 Å². The summed E-state index contributed by atoms with van der Waals surface area (Å²) in [4.78, 5) is 20.5. The molecule has 0 bridgehead atoms. The molecule has 1 amide bonds. The summed E-state index contributed by atoms with van der Waals surface area (Å²) in [5.41, 5.74) is 2.30. The summed E-state index contributed by atoms with van der Waals surface area (Å²) >= 11 is 0. The Kier molecular flexibility index (Phi) is 4.55. The van der Waals surface area contributed by atoms with E-state index in [-0.39, 0.29) is 11.7 Å². The number of rotatable bonds is 3. The predicted molar refractivity (Wildman–Crippen MR) is 91.7 cm³/mol. The van der Waals surface area contributed by atoms with Gasteiger partial charge in [-0.05, 0) is 43.5 Å². The number of amides is 1. The molecule has 0 N–H and O–H groups in total. The van der Waals surface area contributed by atoms with E-state index in [1.54, 1.807) is 23.2 Å². The van der Waals surface area contributed by atoms with E-state index in [1.165, 1.54) is 6.07 Å². The third-order valence-corrected chi connectivity index (χ3v) is 4.66. The van der Waals surface area contributed by atoms with Crippen LogP contribution in [0.3, 0.4) is 0 Å². The number of nitrogens with zero attached hydrogens (tertiary/aromatic N) is 4. The number of hydrogen-bond donors (Lipinski definition) is 0. The van der Waals surface area contributed by atoms with Crippen molar-refractivity contribution in [3.05, 3.63) is 47.8 Å². The van der Waals surface area contributed by atoms with Crippen LogP contribution in [0.4, 0.5) is 10.1 Å². The van der Waals surface area contributed by atoms with Crippen molar-refractivity contribution in [2.24, 2.45) is 7.05 Å². The van der Waals surface area contributed by atoms with Crippen LogP contribution in [0.5, 0.6) is 0 Å². The first kappa shape index (κ1) is 16.5. The van der Waals surface area contributed by atoms with E-state index in [0.717, 1.165) is 24.1 Å². The highest BCUT2D eigenvalue weighted by molar-refractivity contribution is 5.92. The van der Waals surface area contributed by atoms with E-state index < -0.39 is 0 Å². The normalized spacial score (nSPS) is 15.6. The molecule has 1 aliphatic rings. The van der Waals surface area contributed by atoms with Crippen molar-refractivity contribution in [1.29, 1.82) is 0 Å².